The zero-order valence-electron chi connectivity index (χ0n) is 11.6. The molecule has 7 heteroatoms. The largest absolute Gasteiger partial charge is 0.397 e. The molecule has 21 heavy (non-hydrogen) atoms. The van der Waals surface area contributed by atoms with Crippen LogP contribution >= 0.6 is 0 Å². The van der Waals surface area contributed by atoms with E-state index in [1.165, 1.54) is 6.33 Å². The molecule has 0 aliphatic carbocycles. The first-order chi connectivity index (χ1) is 10.1. The molecule has 0 fully saturated rings. The second-order valence-electron chi connectivity index (χ2n) is 4.96. The van der Waals surface area contributed by atoms with E-state index < -0.39 is 0 Å². The number of fused-ring (bicyclic) bond motifs is 1. The molecule has 3 aromatic rings. The lowest BCUT2D eigenvalue weighted by Crippen LogP contribution is -2.23. The molecule has 1 unspecified atom stereocenters. The van der Waals surface area contributed by atoms with Crippen LogP contribution < -0.4 is 16.6 Å². The number of H-pyrrole nitrogens is 1. The summed E-state index contributed by atoms with van der Waals surface area (Å²) in [6.07, 6.45) is 5.04. The van der Waals surface area contributed by atoms with Crippen molar-refractivity contribution in [2.75, 3.05) is 11.1 Å². The summed E-state index contributed by atoms with van der Waals surface area (Å²) in [7, 11) is 0. The molecule has 2 aromatic heterocycles. The second-order valence-corrected chi connectivity index (χ2v) is 4.96. The van der Waals surface area contributed by atoms with Gasteiger partial charge in [-0.3, -0.25) is 9.48 Å². The Kier molecular flexibility index (Phi) is 3.31. The number of benzene rings is 1. The summed E-state index contributed by atoms with van der Waals surface area (Å²) in [6, 6.07) is 5.45. The molecule has 0 aliphatic heterocycles. The minimum atomic E-state index is -0.192. The quantitative estimate of drug-likeness (QED) is 0.625. The average Bonchev–Trinajstić information content (AvgIpc) is 2.93. The first-order valence-corrected chi connectivity index (χ1v) is 6.64. The van der Waals surface area contributed by atoms with E-state index in [4.69, 9.17) is 5.73 Å². The van der Waals surface area contributed by atoms with Crippen LogP contribution in [0.5, 0.6) is 0 Å². The number of hydrogen-bond donors (Lipinski definition) is 3. The maximum Gasteiger partial charge on any atom is 0.258 e. The number of nitrogens with zero attached hydrogens (tertiary/aromatic N) is 3. The van der Waals surface area contributed by atoms with Crippen molar-refractivity contribution in [2.45, 2.75) is 19.5 Å². The smallest absolute Gasteiger partial charge is 0.258 e. The van der Waals surface area contributed by atoms with Gasteiger partial charge in [-0.2, -0.15) is 5.10 Å². The third-order valence-corrected chi connectivity index (χ3v) is 3.23. The number of rotatable bonds is 4. The van der Waals surface area contributed by atoms with Crippen LogP contribution in [0.1, 0.15) is 6.92 Å². The van der Waals surface area contributed by atoms with Crippen LogP contribution in [0.4, 0.5) is 11.4 Å². The van der Waals surface area contributed by atoms with Gasteiger partial charge in [0.1, 0.15) is 0 Å². The summed E-state index contributed by atoms with van der Waals surface area (Å²) in [5, 5.41) is 7.98. The van der Waals surface area contributed by atoms with Crippen LogP contribution in [-0.4, -0.2) is 25.8 Å². The topological polar surface area (TPSA) is 102 Å². The molecule has 0 radical (unpaired) electrons. The van der Waals surface area contributed by atoms with Crippen molar-refractivity contribution < 1.29 is 0 Å². The number of aromatic nitrogens is 4. The fourth-order valence-electron chi connectivity index (χ4n) is 2.26. The first kappa shape index (κ1) is 13.2. The van der Waals surface area contributed by atoms with Crippen LogP contribution in [-0.2, 0) is 6.54 Å². The van der Waals surface area contributed by atoms with Crippen molar-refractivity contribution in [3.05, 3.63) is 47.3 Å². The second kappa shape index (κ2) is 5.28. The molecule has 4 N–H and O–H groups in total. The third-order valence-electron chi connectivity index (χ3n) is 3.23. The van der Waals surface area contributed by atoms with Gasteiger partial charge in [-0.25, -0.2) is 4.98 Å². The molecule has 0 bridgehead atoms. The summed E-state index contributed by atoms with van der Waals surface area (Å²) in [4.78, 5) is 18.4. The molecule has 1 atom stereocenters. The Morgan fingerprint density at radius 3 is 3.10 bits per heavy atom. The highest BCUT2D eigenvalue weighted by Gasteiger charge is 2.09. The van der Waals surface area contributed by atoms with E-state index in [-0.39, 0.29) is 11.6 Å². The minimum absolute atomic E-state index is 0.131. The molecule has 0 saturated carbocycles. The van der Waals surface area contributed by atoms with Gasteiger partial charge in [-0.1, -0.05) is 0 Å². The molecule has 1 aromatic carbocycles. The summed E-state index contributed by atoms with van der Waals surface area (Å²) in [5.74, 6) is 0. The first-order valence-electron chi connectivity index (χ1n) is 6.64. The van der Waals surface area contributed by atoms with E-state index in [0.717, 1.165) is 5.69 Å². The fraction of sp³-hybridized carbons (Fsp3) is 0.214. The molecular formula is C14H16N6O. The van der Waals surface area contributed by atoms with E-state index in [1.807, 2.05) is 23.9 Å². The van der Waals surface area contributed by atoms with Crippen molar-refractivity contribution in [3.8, 4) is 0 Å². The van der Waals surface area contributed by atoms with Crippen LogP contribution in [0.2, 0.25) is 0 Å². The van der Waals surface area contributed by atoms with Gasteiger partial charge in [0.25, 0.3) is 5.56 Å². The predicted molar refractivity (Wildman–Crippen MR) is 82.1 cm³/mol. The fourth-order valence-corrected chi connectivity index (χ4v) is 2.26. The molecule has 0 spiro atoms. The molecule has 2 heterocycles. The summed E-state index contributed by atoms with van der Waals surface area (Å²) < 4.78 is 1.85. The number of aromatic amines is 1. The van der Waals surface area contributed by atoms with Gasteiger partial charge in [0.2, 0.25) is 0 Å². The van der Waals surface area contributed by atoms with Gasteiger partial charge in [0.05, 0.1) is 35.1 Å². The van der Waals surface area contributed by atoms with E-state index in [9.17, 15) is 4.79 Å². The Bertz CT molecular complexity index is 808. The van der Waals surface area contributed by atoms with Crippen molar-refractivity contribution in [2.24, 2.45) is 0 Å². The number of nitrogen functional groups attached to an aromatic ring is 1. The lowest BCUT2D eigenvalue weighted by atomic mass is 10.1. The number of hydrogen-bond acceptors (Lipinski definition) is 5. The van der Waals surface area contributed by atoms with Crippen molar-refractivity contribution in [1.82, 2.24) is 19.7 Å². The normalized spacial score (nSPS) is 12.4. The monoisotopic (exact) mass is 284 g/mol. The van der Waals surface area contributed by atoms with Gasteiger partial charge >= 0.3 is 0 Å². The zero-order valence-corrected chi connectivity index (χ0v) is 11.6. The van der Waals surface area contributed by atoms with Crippen LogP contribution in [0.3, 0.4) is 0 Å². The van der Waals surface area contributed by atoms with Gasteiger partial charge < -0.3 is 16.0 Å². The molecule has 0 saturated heterocycles. The SMILES string of the molecule is CC(Cn1cccn1)Nc1cc2nc[nH]c(=O)c2cc1N. The van der Waals surface area contributed by atoms with Crippen molar-refractivity contribution >= 4 is 22.3 Å². The lowest BCUT2D eigenvalue weighted by Gasteiger charge is -2.17. The lowest BCUT2D eigenvalue weighted by molar-refractivity contribution is 0.561. The number of anilines is 2. The average molecular weight is 284 g/mol. The number of nitrogens with one attached hydrogen (secondary N) is 2. The Morgan fingerprint density at radius 2 is 2.33 bits per heavy atom. The molecule has 0 aliphatic rings. The Balaban J connectivity index is 1.86. The van der Waals surface area contributed by atoms with Crippen LogP contribution in [0.25, 0.3) is 10.9 Å². The van der Waals surface area contributed by atoms with Gasteiger partial charge in [-0.05, 0) is 25.1 Å². The highest BCUT2D eigenvalue weighted by atomic mass is 16.1. The molecule has 7 nitrogen and oxygen atoms in total. The number of nitrogens with two attached hydrogens (primary N) is 1. The van der Waals surface area contributed by atoms with Gasteiger partial charge in [0, 0.05) is 18.4 Å². The predicted octanol–water partition coefficient (Wildman–Crippen LogP) is 1.20. The highest BCUT2D eigenvalue weighted by Crippen LogP contribution is 2.23. The maximum absolute atomic E-state index is 11.7. The van der Waals surface area contributed by atoms with Gasteiger partial charge in [-0.15, -0.1) is 0 Å². The Morgan fingerprint density at radius 1 is 1.48 bits per heavy atom. The van der Waals surface area contributed by atoms with E-state index in [2.05, 4.69) is 20.4 Å². The summed E-state index contributed by atoms with van der Waals surface area (Å²) >= 11 is 0. The molecule has 3 rings (SSSR count). The maximum atomic E-state index is 11.7. The molecule has 0 amide bonds. The van der Waals surface area contributed by atoms with E-state index in [1.54, 1.807) is 18.3 Å². The van der Waals surface area contributed by atoms with Crippen molar-refractivity contribution in [3.63, 3.8) is 0 Å². The zero-order chi connectivity index (χ0) is 14.8. The van der Waals surface area contributed by atoms with Gasteiger partial charge in [0.15, 0.2) is 0 Å². The van der Waals surface area contributed by atoms with Crippen LogP contribution in [0.15, 0.2) is 41.7 Å². The standard InChI is InChI=1S/C14H16N6O/c1-9(7-20-4-2-3-18-20)19-13-6-12-10(5-11(13)15)14(21)17-8-16-12/h2-6,8-9,19H,7,15H2,1H3,(H,16,17,21). The van der Waals surface area contributed by atoms with Crippen molar-refractivity contribution in [1.29, 1.82) is 0 Å². The summed E-state index contributed by atoms with van der Waals surface area (Å²) in [5.41, 5.74) is 7.72. The van der Waals surface area contributed by atoms with E-state index in [0.29, 0.717) is 23.1 Å². The van der Waals surface area contributed by atoms with E-state index >= 15 is 0 Å². The Hall–Kier alpha value is -2.83. The Labute approximate surface area is 120 Å². The molecule has 108 valence electrons. The van der Waals surface area contributed by atoms with Crippen LogP contribution in [0, 0.1) is 0 Å². The minimum Gasteiger partial charge on any atom is -0.397 e. The third kappa shape index (κ3) is 2.71. The summed E-state index contributed by atoms with van der Waals surface area (Å²) in [6.45, 7) is 2.75. The highest BCUT2D eigenvalue weighted by molar-refractivity contribution is 5.88. The molecular weight excluding hydrogens is 268 g/mol.